The smallest absolute Gasteiger partial charge is 0.306 e. The summed E-state index contributed by atoms with van der Waals surface area (Å²) in [5.41, 5.74) is 0. The van der Waals surface area contributed by atoms with E-state index in [0.717, 1.165) is 83.5 Å². The normalized spacial score (nSPS) is 14.0. The Labute approximate surface area is 383 Å². The lowest BCUT2D eigenvalue weighted by Gasteiger charge is -2.23. The van der Waals surface area contributed by atoms with Crippen molar-refractivity contribution in [3.05, 3.63) is 85.1 Å². The molecule has 0 aliphatic heterocycles. The van der Waals surface area contributed by atoms with Crippen molar-refractivity contribution in [1.29, 1.82) is 0 Å². The summed E-state index contributed by atoms with van der Waals surface area (Å²) < 4.78 is 5.81. The van der Waals surface area contributed by atoms with Gasteiger partial charge in [0.05, 0.1) is 25.2 Å². The molecule has 0 aliphatic rings. The molecule has 0 aromatic carbocycles. The van der Waals surface area contributed by atoms with Gasteiger partial charge < -0.3 is 20.3 Å². The average molecular weight is 864 g/mol. The van der Waals surface area contributed by atoms with Gasteiger partial charge in [-0.05, 0) is 83.1 Å². The minimum absolute atomic E-state index is 0.0459. The molecule has 3 atom stereocenters. The molecular weight excluding hydrogens is 767 g/mol. The van der Waals surface area contributed by atoms with Gasteiger partial charge in [-0.1, -0.05) is 222 Å². The summed E-state index contributed by atoms with van der Waals surface area (Å²) in [6.07, 6.45) is 63.9. The molecule has 0 aromatic heterocycles. The van der Waals surface area contributed by atoms with Crippen LogP contribution in [0.4, 0.5) is 0 Å². The van der Waals surface area contributed by atoms with Crippen LogP contribution in [0.25, 0.3) is 0 Å². The number of aliphatic hydroxyl groups excluding tert-OH is 2. The highest BCUT2D eigenvalue weighted by Gasteiger charge is 2.23. The van der Waals surface area contributed by atoms with Gasteiger partial charge in [0, 0.05) is 6.42 Å². The summed E-state index contributed by atoms with van der Waals surface area (Å²) in [6.45, 7) is 6.31. The molecular formula is C56H97NO5. The monoisotopic (exact) mass is 864 g/mol. The number of esters is 1. The molecule has 1 amide bonds. The number of unbranched alkanes of at least 4 members (excludes halogenated alkanes) is 21. The van der Waals surface area contributed by atoms with Gasteiger partial charge in [0.15, 0.2) is 0 Å². The Hall–Kier alpha value is -2.96. The van der Waals surface area contributed by atoms with Crippen LogP contribution in [0.3, 0.4) is 0 Å². The number of carbonyl (C=O) groups excluding carboxylic acids is 2. The van der Waals surface area contributed by atoms with Crippen LogP contribution in [0.2, 0.25) is 0 Å². The molecule has 0 aromatic rings. The number of allylic oxidation sites excluding steroid dienone is 13. The molecule has 356 valence electrons. The third kappa shape index (κ3) is 43.7. The number of carbonyl (C=O) groups is 2. The molecule has 62 heavy (non-hydrogen) atoms. The highest BCUT2D eigenvalue weighted by atomic mass is 16.5. The second-order valence-corrected chi connectivity index (χ2v) is 17.2. The standard InChI is InChI=1S/C56H97NO5/c1-4-7-10-13-16-19-22-24-25-26-27-28-29-31-34-37-40-43-46-49-56(61)62-52(47-44-41-38-35-32-21-18-15-12-9-6-3)50-55(60)57-53(51-58)54(59)48-45-42-39-36-33-30-23-20-17-14-11-8-5-2/h7,10,16,19,24-25,27-28,31,34-35,38,44,47,52-54,58-59H,4-6,8-9,11-15,17-18,20-23,26,29-30,32-33,36-37,39-43,45-46,48-51H2,1-3H3,(H,57,60)/b10-7-,19-16-,25-24-,28-27-,34-31-,38-35-,47-44+. The van der Waals surface area contributed by atoms with Crippen molar-refractivity contribution in [1.82, 2.24) is 5.32 Å². The number of hydrogen-bond donors (Lipinski definition) is 3. The summed E-state index contributed by atoms with van der Waals surface area (Å²) in [4.78, 5) is 26.0. The van der Waals surface area contributed by atoms with Crippen molar-refractivity contribution >= 4 is 11.9 Å². The van der Waals surface area contributed by atoms with Gasteiger partial charge in [-0.15, -0.1) is 0 Å². The topological polar surface area (TPSA) is 95.9 Å². The van der Waals surface area contributed by atoms with Crippen LogP contribution >= 0.6 is 0 Å². The maximum Gasteiger partial charge on any atom is 0.306 e. The van der Waals surface area contributed by atoms with E-state index < -0.39 is 18.2 Å². The van der Waals surface area contributed by atoms with E-state index in [1.54, 1.807) is 0 Å². The molecule has 6 heteroatoms. The predicted octanol–water partition coefficient (Wildman–Crippen LogP) is 15.6. The molecule has 6 nitrogen and oxygen atoms in total. The van der Waals surface area contributed by atoms with Crippen LogP contribution in [0.5, 0.6) is 0 Å². The molecule has 3 unspecified atom stereocenters. The second kappa shape index (κ2) is 49.1. The third-order valence-corrected chi connectivity index (χ3v) is 11.2. The van der Waals surface area contributed by atoms with E-state index in [0.29, 0.717) is 19.3 Å². The first-order valence-corrected chi connectivity index (χ1v) is 25.8. The van der Waals surface area contributed by atoms with E-state index in [1.807, 2.05) is 12.2 Å². The Morgan fingerprint density at radius 3 is 1.37 bits per heavy atom. The average Bonchev–Trinajstić information content (AvgIpc) is 3.26. The Morgan fingerprint density at radius 2 is 0.903 bits per heavy atom. The Kier molecular flexibility index (Phi) is 46.7. The minimum atomic E-state index is -0.820. The Morgan fingerprint density at radius 1 is 0.500 bits per heavy atom. The van der Waals surface area contributed by atoms with E-state index in [-0.39, 0.29) is 24.9 Å². The molecule has 0 saturated carbocycles. The summed E-state index contributed by atoms with van der Waals surface area (Å²) in [5.74, 6) is -0.645. The first-order chi connectivity index (χ1) is 30.5. The summed E-state index contributed by atoms with van der Waals surface area (Å²) in [6, 6.07) is -0.743. The van der Waals surface area contributed by atoms with Crippen LogP contribution in [-0.4, -0.2) is 46.9 Å². The number of hydrogen-bond acceptors (Lipinski definition) is 5. The molecule has 3 N–H and O–H groups in total. The Bertz CT molecular complexity index is 1200. The molecule has 0 saturated heterocycles. The van der Waals surface area contributed by atoms with Crippen molar-refractivity contribution in [3.8, 4) is 0 Å². The first-order valence-electron chi connectivity index (χ1n) is 25.8. The number of nitrogens with one attached hydrogen (secondary N) is 1. The van der Waals surface area contributed by atoms with Crippen molar-refractivity contribution in [2.24, 2.45) is 0 Å². The zero-order chi connectivity index (χ0) is 45.2. The molecule has 0 rings (SSSR count). The van der Waals surface area contributed by atoms with E-state index in [9.17, 15) is 19.8 Å². The van der Waals surface area contributed by atoms with Crippen molar-refractivity contribution in [2.75, 3.05) is 6.61 Å². The quantitative estimate of drug-likeness (QED) is 0.0322. The number of rotatable bonds is 45. The van der Waals surface area contributed by atoms with Crippen molar-refractivity contribution in [3.63, 3.8) is 0 Å². The third-order valence-electron chi connectivity index (χ3n) is 11.2. The van der Waals surface area contributed by atoms with Crippen LogP contribution < -0.4 is 5.32 Å². The highest BCUT2D eigenvalue weighted by Crippen LogP contribution is 2.15. The molecule has 0 radical (unpaired) electrons. The molecule has 0 aliphatic carbocycles. The van der Waals surface area contributed by atoms with Gasteiger partial charge in [0.25, 0.3) is 0 Å². The summed E-state index contributed by atoms with van der Waals surface area (Å²) >= 11 is 0. The molecule has 0 heterocycles. The fourth-order valence-electron chi connectivity index (χ4n) is 7.30. The number of aliphatic hydroxyl groups is 2. The van der Waals surface area contributed by atoms with Gasteiger partial charge in [-0.25, -0.2) is 0 Å². The zero-order valence-electron chi connectivity index (χ0n) is 40.5. The maximum absolute atomic E-state index is 13.2. The van der Waals surface area contributed by atoms with Crippen molar-refractivity contribution < 1.29 is 24.5 Å². The SMILES string of the molecule is CC/C=C\C/C=C\C/C=C\C/C=C\C/C=C\CCCCCC(=O)OC(/C=C/C/C=C\CCCCCCCC)CC(=O)NC(CO)C(O)CCCCCCCCCCCCCCC. The Balaban J connectivity index is 4.66. The lowest BCUT2D eigenvalue weighted by Crippen LogP contribution is -2.46. The van der Waals surface area contributed by atoms with Gasteiger partial charge in [0.1, 0.15) is 6.10 Å². The van der Waals surface area contributed by atoms with Crippen LogP contribution in [0.1, 0.15) is 233 Å². The van der Waals surface area contributed by atoms with E-state index in [4.69, 9.17) is 4.74 Å². The van der Waals surface area contributed by atoms with Gasteiger partial charge in [-0.3, -0.25) is 9.59 Å². The lowest BCUT2D eigenvalue weighted by molar-refractivity contribution is -0.148. The van der Waals surface area contributed by atoms with Gasteiger partial charge in [0.2, 0.25) is 5.91 Å². The van der Waals surface area contributed by atoms with E-state index >= 15 is 0 Å². The molecule has 0 fully saturated rings. The van der Waals surface area contributed by atoms with Crippen LogP contribution in [-0.2, 0) is 14.3 Å². The fourth-order valence-corrected chi connectivity index (χ4v) is 7.30. The first kappa shape index (κ1) is 59.0. The summed E-state index contributed by atoms with van der Waals surface area (Å²) in [5, 5.41) is 23.7. The minimum Gasteiger partial charge on any atom is -0.458 e. The predicted molar refractivity (Wildman–Crippen MR) is 268 cm³/mol. The second-order valence-electron chi connectivity index (χ2n) is 17.2. The molecule has 0 spiro atoms. The van der Waals surface area contributed by atoms with Crippen LogP contribution in [0.15, 0.2) is 85.1 Å². The van der Waals surface area contributed by atoms with Crippen LogP contribution in [0, 0.1) is 0 Å². The van der Waals surface area contributed by atoms with E-state index in [2.05, 4.69) is 99.0 Å². The largest absolute Gasteiger partial charge is 0.458 e. The highest BCUT2D eigenvalue weighted by molar-refractivity contribution is 5.78. The van der Waals surface area contributed by atoms with Gasteiger partial charge >= 0.3 is 5.97 Å². The van der Waals surface area contributed by atoms with Gasteiger partial charge in [-0.2, -0.15) is 0 Å². The maximum atomic E-state index is 13.2. The number of amides is 1. The molecule has 0 bridgehead atoms. The van der Waals surface area contributed by atoms with E-state index in [1.165, 1.54) is 103 Å². The number of ether oxygens (including phenoxy) is 1. The lowest BCUT2D eigenvalue weighted by atomic mass is 10.0. The fraction of sp³-hybridized carbons (Fsp3) is 0.714. The zero-order valence-corrected chi connectivity index (χ0v) is 40.5. The van der Waals surface area contributed by atoms with Crippen molar-refractivity contribution in [2.45, 2.75) is 251 Å². The summed E-state index contributed by atoms with van der Waals surface area (Å²) in [7, 11) is 0.